The Morgan fingerprint density at radius 3 is 2.65 bits per heavy atom. The second-order valence-corrected chi connectivity index (χ2v) is 10.1. The molecule has 3 aromatic rings. The molecule has 0 aliphatic carbocycles. The third kappa shape index (κ3) is 5.29. The Labute approximate surface area is 192 Å². The lowest BCUT2D eigenvalue weighted by atomic mass is 10.1. The highest BCUT2D eigenvalue weighted by Gasteiger charge is 2.23. The Morgan fingerprint density at radius 2 is 1.94 bits per heavy atom. The number of aryl methyl sites for hydroxylation is 2. The van der Waals surface area contributed by atoms with Crippen molar-refractivity contribution in [2.75, 3.05) is 50.0 Å². The standard InChI is InChI=1S/C24H29N3O2S2/c1-4-30-20-7-5-19(6-8-20)23(28)27(10-9-26-11-13-29-14-12-26)24-25-21-16-17(2)15-18(3)22(21)31-24/h5-8,15-16H,4,9-14H2,1-3H3. The average Bonchev–Trinajstić information content (AvgIpc) is 3.19. The molecule has 7 heteroatoms. The van der Waals surface area contributed by atoms with Gasteiger partial charge in [0.05, 0.1) is 23.4 Å². The van der Waals surface area contributed by atoms with Crippen molar-refractivity contribution in [1.82, 2.24) is 9.88 Å². The summed E-state index contributed by atoms with van der Waals surface area (Å²) in [5, 5.41) is 0.772. The van der Waals surface area contributed by atoms with Crippen LogP contribution < -0.4 is 4.90 Å². The monoisotopic (exact) mass is 455 g/mol. The Balaban J connectivity index is 1.63. The number of hydrogen-bond donors (Lipinski definition) is 0. The van der Waals surface area contributed by atoms with Gasteiger partial charge in [0.25, 0.3) is 5.91 Å². The lowest BCUT2D eigenvalue weighted by Crippen LogP contribution is -2.43. The van der Waals surface area contributed by atoms with Crippen LogP contribution in [-0.4, -0.2) is 60.9 Å². The predicted octanol–water partition coefficient (Wildman–Crippen LogP) is 5.00. The number of ether oxygens (including phenoxy) is 1. The molecule has 0 radical (unpaired) electrons. The number of anilines is 1. The minimum absolute atomic E-state index is 0.00902. The lowest BCUT2D eigenvalue weighted by Gasteiger charge is -2.29. The number of nitrogens with zero attached hydrogens (tertiary/aromatic N) is 3. The van der Waals surface area contributed by atoms with E-state index in [1.807, 2.05) is 29.2 Å². The molecular weight excluding hydrogens is 426 g/mol. The number of amides is 1. The van der Waals surface area contributed by atoms with Crippen LogP contribution in [-0.2, 0) is 4.74 Å². The maximum atomic E-state index is 13.6. The molecule has 5 nitrogen and oxygen atoms in total. The Bertz CT molecular complexity index is 1040. The summed E-state index contributed by atoms with van der Waals surface area (Å²) in [7, 11) is 0. The molecule has 0 spiro atoms. The van der Waals surface area contributed by atoms with Crippen molar-refractivity contribution in [3.63, 3.8) is 0 Å². The Kier molecular flexibility index (Phi) is 7.27. The van der Waals surface area contributed by atoms with Crippen molar-refractivity contribution in [2.24, 2.45) is 0 Å². The predicted molar refractivity (Wildman–Crippen MR) is 131 cm³/mol. The summed E-state index contributed by atoms with van der Waals surface area (Å²) in [6.07, 6.45) is 0. The van der Waals surface area contributed by atoms with Crippen LogP contribution in [0.2, 0.25) is 0 Å². The first kappa shape index (κ1) is 22.3. The highest BCUT2D eigenvalue weighted by molar-refractivity contribution is 7.99. The van der Waals surface area contributed by atoms with E-state index in [9.17, 15) is 4.79 Å². The van der Waals surface area contributed by atoms with Crippen molar-refractivity contribution in [3.05, 3.63) is 53.1 Å². The molecule has 164 valence electrons. The van der Waals surface area contributed by atoms with Gasteiger partial charge in [-0.3, -0.25) is 14.6 Å². The largest absolute Gasteiger partial charge is 0.379 e. The maximum absolute atomic E-state index is 13.6. The summed E-state index contributed by atoms with van der Waals surface area (Å²) < 4.78 is 6.62. The minimum atomic E-state index is 0.00902. The molecular formula is C24H29N3O2S2. The van der Waals surface area contributed by atoms with E-state index in [4.69, 9.17) is 9.72 Å². The summed E-state index contributed by atoms with van der Waals surface area (Å²) >= 11 is 3.39. The number of hydrogen-bond acceptors (Lipinski definition) is 6. The van der Waals surface area contributed by atoms with Crippen LogP contribution in [0.1, 0.15) is 28.4 Å². The average molecular weight is 456 g/mol. The van der Waals surface area contributed by atoms with Gasteiger partial charge < -0.3 is 4.74 Å². The fourth-order valence-electron chi connectivity index (χ4n) is 3.85. The summed E-state index contributed by atoms with van der Waals surface area (Å²) in [4.78, 5) is 23.8. The Morgan fingerprint density at radius 1 is 1.19 bits per heavy atom. The molecule has 2 heterocycles. The number of carbonyl (C=O) groups is 1. The Hall–Kier alpha value is -1.93. The molecule has 1 aliphatic rings. The van der Waals surface area contributed by atoms with Gasteiger partial charge >= 0.3 is 0 Å². The molecule has 1 saturated heterocycles. The molecule has 4 rings (SSSR count). The fraction of sp³-hybridized carbons (Fsp3) is 0.417. The first-order valence-electron chi connectivity index (χ1n) is 10.8. The number of thioether (sulfide) groups is 1. The van der Waals surface area contributed by atoms with E-state index >= 15 is 0 Å². The third-order valence-corrected chi connectivity index (χ3v) is 7.56. The molecule has 0 saturated carbocycles. The normalized spacial score (nSPS) is 14.8. The minimum Gasteiger partial charge on any atom is -0.379 e. The highest BCUT2D eigenvalue weighted by atomic mass is 32.2. The molecule has 1 fully saturated rings. The number of benzene rings is 2. The molecule has 1 amide bonds. The molecule has 1 aliphatic heterocycles. The lowest BCUT2D eigenvalue weighted by molar-refractivity contribution is 0.0391. The molecule has 0 atom stereocenters. The van der Waals surface area contributed by atoms with Crippen LogP contribution in [0.15, 0.2) is 41.3 Å². The van der Waals surface area contributed by atoms with Crippen LogP contribution in [0.3, 0.4) is 0 Å². The van der Waals surface area contributed by atoms with Crippen molar-refractivity contribution in [2.45, 2.75) is 25.7 Å². The van der Waals surface area contributed by atoms with Gasteiger partial charge in [-0.1, -0.05) is 24.3 Å². The van der Waals surface area contributed by atoms with Crippen molar-refractivity contribution in [1.29, 1.82) is 0 Å². The van der Waals surface area contributed by atoms with E-state index in [0.29, 0.717) is 12.1 Å². The van der Waals surface area contributed by atoms with E-state index in [0.717, 1.165) is 53.9 Å². The topological polar surface area (TPSA) is 45.7 Å². The summed E-state index contributed by atoms with van der Waals surface area (Å²) in [6.45, 7) is 11.1. The molecule has 0 bridgehead atoms. The second-order valence-electron chi connectivity index (χ2n) is 7.79. The van der Waals surface area contributed by atoms with Crippen molar-refractivity contribution in [3.8, 4) is 0 Å². The first-order chi connectivity index (χ1) is 15.0. The van der Waals surface area contributed by atoms with E-state index in [1.165, 1.54) is 16.0 Å². The van der Waals surface area contributed by atoms with Crippen LogP contribution in [0.5, 0.6) is 0 Å². The van der Waals surface area contributed by atoms with E-state index in [2.05, 4.69) is 37.8 Å². The van der Waals surface area contributed by atoms with E-state index in [-0.39, 0.29) is 5.91 Å². The van der Waals surface area contributed by atoms with E-state index < -0.39 is 0 Å². The van der Waals surface area contributed by atoms with Crippen molar-refractivity contribution >= 4 is 44.4 Å². The molecule has 0 unspecified atom stereocenters. The van der Waals surface area contributed by atoms with Gasteiger partial charge in [-0.2, -0.15) is 0 Å². The number of thiazole rings is 1. The zero-order valence-electron chi connectivity index (χ0n) is 18.4. The highest BCUT2D eigenvalue weighted by Crippen LogP contribution is 2.33. The molecule has 1 aromatic heterocycles. The fourth-order valence-corrected chi connectivity index (χ4v) is 5.55. The number of rotatable bonds is 7. The van der Waals surface area contributed by atoms with Gasteiger partial charge in [-0.25, -0.2) is 4.98 Å². The zero-order valence-corrected chi connectivity index (χ0v) is 20.0. The summed E-state index contributed by atoms with van der Waals surface area (Å²) in [6, 6.07) is 12.2. The van der Waals surface area contributed by atoms with Crippen LogP contribution in [0.25, 0.3) is 10.2 Å². The van der Waals surface area contributed by atoms with Crippen LogP contribution in [0.4, 0.5) is 5.13 Å². The molecule has 31 heavy (non-hydrogen) atoms. The molecule has 0 N–H and O–H groups in total. The smallest absolute Gasteiger partial charge is 0.260 e. The summed E-state index contributed by atoms with van der Waals surface area (Å²) in [5.41, 5.74) is 4.07. The van der Waals surface area contributed by atoms with Crippen molar-refractivity contribution < 1.29 is 9.53 Å². The third-order valence-electron chi connectivity index (χ3n) is 5.44. The number of carbonyl (C=O) groups excluding carboxylic acids is 1. The first-order valence-corrected chi connectivity index (χ1v) is 12.6. The zero-order chi connectivity index (χ0) is 21.8. The quantitative estimate of drug-likeness (QED) is 0.469. The number of aromatic nitrogens is 1. The molecule has 2 aromatic carbocycles. The van der Waals surface area contributed by atoms with Gasteiger partial charge in [0.1, 0.15) is 0 Å². The van der Waals surface area contributed by atoms with Crippen LogP contribution >= 0.6 is 23.1 Å². The van der Waals surface area contributed by atoms with Gasteiger partial charge in [0.2, 0.25) is 0 Å². The SMILES string of the molecule is CCSc1ccc(C(=O)N(CCN2CCOCC2)c2nc3cc(C)cc(C)c3s2)cc1. The number of morpholine rings is 1. The number of fused-ring (bicyclic) bond motifs is 1. The van der Waals surface area contributed by atoms with Gasteiger partial charge in [0.15, 0.2) is 5.13 Å². The van der Waals surface area contributed by atoms with Gasteiger partial charge in [-0.05, 0) is 61.1 Å². The van der Waals surface area contributed by atoms with Gasteiger partial charge in [0, 0.05) is 36.6 Å². The van der Waals surface area contributed by atoms with Crippen LogP contribution in [0, 0.1) is 13.8 Å². The maximum Gasteiger partial charge on any atom is 0.260 e. The second kappa shape index (κ2) is 10.1. The van der Waals surface area contributed by atoms with E-state index in [1.54, 1.807) is 23.1 Å². The summed E-state index contributed by atoms with van der Waals surface area (Å²) in [5.74, 6) is 1.03. The van der Waals surface area contributed by atoms with Gasteiger partial charge in [-0.15, -0.1) is 11.8 Å².